The molecule has 184 valence electrons. The smallest absolute Gasteiger partial charge is 0.403 e. The minimum absolute atomic E-state index is 0.0526. The van der Waals surface area contributed by atoms with Crippen LogP contribution in [0, 0.1) is 11.8 Å². The number of nitrogens with one attached hydrogen (secondary N) is 2. The first-order valence-electron chi connectivity index (χ1n) is 12.1. The quantitative estimate of drug-likeness (QED) is 0.581. The van der Waals surface area contributed by atoms with E-state index in [1.54, 1.807) is 0 Å². The van der Waals surface area contributed by atoms with E-state index in [1.165, 1.54) is 6.92 Å². The van der Waals surface area contributed by atoms with Crippen LogP contribution in [0.15, 0.2) is 0 Å². The van der Waals surface area contributed by atoms with E-state index in [2.05, 4.69) is 43.2 Å². The van der Waals surface area contributed by atoms with E-state index in [4.69, 9.17) is 9.31 Å². The Hall–Kier alpha value is -1.12. The van der Waals surface area contributed by atoms with E-state index in [-0.39, 0.29) is 41.6 Å². The third kappa shape index (κ3) is 6.48. The van der Waals surface area contributed by atoms with Gasteiger partial charge in [0, 0.05) is 24.9 Å². The molecular weight excluding hydrogens is 405 g/mol. The second kappa shape index (κ2) is 9.63. The summed E-state index contributed by atoms with van der Waals surface area (Å²) in [6.45, 7) is 16.5. The number of carbonyl (C=O) groups excluding carboxylic acids is 2. The number of hydrogen-bond donors (Lipinski definition) is 2. The molecule has 32 heavy (non-hydrogen) atoms. The minimum Gasteiger partial charge on any atom is -0.403 e. The van der Waals surface area contributed by atoms with Gasteiger partial charge in [-0.3, -0.25) is 9.59 Å². The fourth-order valence-electron chi connectivity index (χ4n) is 5.05. The number of rotatable bonds is 7. The highest BCUT2D eigenvalue weighted by atomic mass is 16.7. The molecule has 1 saturated carbocycles. The highest BCUT2D eigenvalue weighted by Crippen LogP contribution is 2.43. The zero-order valence-corrected chi connectivity index (χ0v) is 22.1. The Balaban J connectivity index is 2.21. The van der Waals surface area contributed by atoms with E-state index in [9.17, 15) is 9.59 Å². The van der Waals surface area contributed by atoms with E-state index in [0.717, 1.165) is 32.1 Å². The standard InChI is InChI=1S/C24H46BN3O4/c1-17(29)26-24(20(30)27-21(2,3)4)15-18(11-12-19(24)16-28(9)10)13-14-25-31-22(5,6)23(7,8)32-25/h18-19H,11-16H2,1-10H3,(H,26,29)(H,27,30)/t18-,19+,24+/m0/s1. The van der Waals surface area contributed by atoms with Gasteiger partial charge in [0.25, 0.3) is 0 Å². The van der Waals surface area contributed by atoms with Crippen molar-refractivity contribution in [3.8, 4) is 0 Å². The molecule has 2 fully saturated rings. The van der Waals surface area contributed by atoms with Gasteiger partial charge in [-0.05, 0) is 94.1 Å². The summed E-state index contributed by atoms with van der Waals surface area (Å²) in [6, 6.07) is 0. The molecule has 1 saturated heterocycles. The van der Waals surface area contributed by atoms with Crippen LogP contribution in [0.4, 0.5) is 0 Å². The lowest BCUT2D eigenvalue weighted by Gasteiger charge is -2.48. The molecular formula is C24H46BN3O4. The Labute approximate surface area is 195 Å². The molecule has 0 radical (unpaired) electrons. The van der Waals surface area contributed by atoms with Crippen LogP contribution in [0.1, 0.15) is 81.1 Å². The molecule has 2 amide bonds. The van der Waals surface area contributed by atoms with Crippen LogP contribution < -0.4 is 10.6 Å². The molecule has 0 spiro atoms. The van der Waals surface area contributed by atoms with Gasteiger partial charge < -0.3 is 24.8 Å². The van der Waals surface area contributed by atoms with Crippen LogP contribution >= 0.6 is 0 Å². The molecule has 0 aromatic heterocycles. The topological polar surface area (TPSA) is 79.9 Å². The number of amides is 2. The molecule has 1 aliphatic heterocycles. The lowest BCUT2D eigenvalue weighted by molar-refractivity contribution is -0.139. The largest absolute Gasteiger partial charge is 0.457 e. The Bertz CT molecular complexity index is 673. The van der Waals surface area contributed by atoms with E-state index < -0.39 is 5.54 Å². The lowest BCUT2D eigenvalue weighted by atomic mass is 9.64. The Morgan fingerprint density at radius 3 is 2.09 bits per heavy atom. The highest BCUT2D eigenvalue weighted by Gasteiger charge is 2.53. The minimum atomic E-state index is -0.914. The maximum atomic E-state index is 13.6. The van der Waals surface area contributed by atoms with E-state index in [0.29, 0.717) is 12.3 Å². The van der Waals surface area contributed by atoms with Crippen LogP contribution in [0.3, 0.4) is 0 Å². The molecule has 1 aliphatic carbocycles. The van der Waals surface area contributed by atoms with Crippen LogP contribution in [0.5, 0.6) is 0 Å². The second-order valence-electron chi connectivity index (χ2n) is 12.2. The van der Waals surface area contributed by atoms with Gasteiger partial charge >= 0.3 is 7.12 Å². The number of nitrogens with zero attached hydrogens (tertiary/aromatic N) is 1. The van der Waals surface area contributed by atoms with Crippen molar-refractivity contribution in [2.75, 3.05) is 20.6 Å². The molecule has 0 unspecified atom stereocenters. The average Bonchev–Trinajstić information content (AvgIpc) is 2.79. The van der Waals surface area contributed by atoms with Crippen molar-refractivity contribution < 1.29 is 18.9 Å². The predicted molar refractivity (Wildman–Crippen MR) is 129 cm³/mol. The predicted octanol–water partition coefficient (Wildman–Crippen LogP) is 3.24. The van der Waals surface area contributed by atoms with Gasteiger partial charge in [0.2, 0.25) is 11.8 Å². The maximum absolute atomic E-state index is 13.6. The summed E-state index contributed by atoms with van der Waals surface area (Å²) in [5.74, 6) is 0.124. The van der Waals surface area contributed by atoms with Gasteiger partial charge in [0.05, 0.1) is 11.2 Å². The fraction of sp³-hybridized carbons (Fsp3) is 0.917. The molecule has 2 rings (SSSR count). The first-order valence-corrected chi connectivity index (χ1v) is 12.1. The van der Waals surface area contributed by atoms with Crippen molar-refractivity contribution in [2.24, 2.45) is 11.8 Å². The van der Waals surface area contributed by atoms with Crippen LogP contribution in [-0.4, -0.2) is 66.8 Å². The molecule has 0 bridgehead atoms. The highest BCUT2D eigenvalue weighted by molar-refractivity contribution is 6.45. The normalized spacial score (nSPS) is 29.8. The third-order valence-electron chi connectivity index (χ3n) is 7.22. The van der Waals surface area contributed by atoms with Crippen LogP contribution in [-0.2, 0) is 18.9 Å². The third-order valence-corrected chi connectivity index (χ3v) is 7.22. The monoisotopic (exact) mass is 451 g/mol. The first-order chi connectivity index (χ1) is 14.5. The van der Waals surface area contributed by atoms with Crippen LogP contribution in [0.25, 0.3) is 0 Å². The molecule has 1 heterocycles. The van der Waals surface area contributed by atoms with Crippen molar-refractivity contribution in [2.45, 2.75) is 110 Å². The first kappa shape index (κ1) is 27.1. The molecule has 7 nitrogen and oxygen atoms in total. The Morgan fingerprint density at radius 1 is 1.06 bits per heavy atom. The summed E-state index contributed by atoms with van der Waals surface area (Å²) >= 11 is 0. The summed E-state index contributed by atoms with van der Waals surface area (Å²) in [6.07, 6.45) is 4.24. The van der Waals surface area contributed by atoms with Gasteiger partial charge in [0.15, 0.2) is 0 Å². The summed E-state index contributed by atoms with van der Waals surface area (Å²) in [7, 11) is 3.80. The van der Waals surface area contributed by atoms with Gasteiger partial charge in [-0.25, -0.2) is 0 Å². The summed E-state index contributed by atoms with van der Waals surface area (Å²) in [4.78, 5) is 28.0. The zero-order valence-electron chi connectivity index (χ0n) is 22.1. The summed E-state index contributed by atoms with van der Waals surface area (Å²) < 4.78 is 12.4. The molecule has 2 aliphatic rings. The van der Waals surface area contributed by atoms with Gasteiger partial charge in [-0.1, -0.05) is 6.42 Å². The average molecular weight is 451 g/mol. The van der Waals surface area contributed by atoms with Crippen molar-refractivity contribution in [1.29, 1.82) is 0 Å². The van der Waals surface area contributed by atoms with E-state index >= 15 is 0 Å². The molecule has 8 heteroatoms. The second-order valence-corrected chi connectivity index (χ2v) is 12.2. The number of carbonyl (C=O) groups is 2. The van der Waals surface area contributed by atoms with Crippen molar-refractivity contribution in [1.82, 2.24) is 15.5 Å². The molecule has 0 aromatic carbocycles. The molecule has 2 N–H and O–H groups in total. The SMILES string of the molecule is CC(=O)N[C@]1(C(=O)NC(C)(C)C)C[C@H](CCB2OC(C)(C)C(C)(C)O2)CC[C@@H]1CN(C)C. The van der Waals surface area contributed by atoms with Crippen molar-refractivity contribution >= 4 is 18.9 Å². The maximum Gasteiger partial charge on any atom is 0.457 e. The molecule has 0 aromatic rings. The van der Waals surface area contributed by atoms with E-state index in [1.807, 2.05) is 34.9 Å². The van der Waals surface area contributed by atoms with Gasteiger partial charge in [-0.2, -0.15) is 0 Å². The summed E-state index contributed by atoms with van der Waals surface area (Å²) in [5.41, 5.74) is -1.97. The van der Waals surface area contributed by atoms with Gasteiger partial charge in [-0.15, -0.1) is 0 Å². The van der Waals surface area contributed by atoms with Crippen molar-refractivity contribution in [3.63, 3.8) is 0 Å². The fourth-order valence-corrected chi connectivity index (χ4v) is 5.05. The Kier molecular flexibility index (Phi) is 8.16. The molecule has 3 atom stereocenters. The van der Waals surface area contributed by atoms with Gasteiger partial charge in [0.1, 0.15) is 5.54 Å². The van der Waals surface area contributed by atoms with Crippen LogP contribution in [0.2, 0.25) is 6.32 Å². The number of hydrogen-bond acceptors (Lipinski definition) is 5. The zero-order chi connectivity index (χ0) is 24.5. The Morgan fingerprint density at radius 2 is 1.62 bits per heavy atom. The van der Waals surface area contributed by atoms with Crippen molar-refractivity contribution in [3.05, 3.63) is 0 Å². The lowest BCUT2D eigenvalue weighted by Crippen LogP contribution is -2.68. The summed E-state index contributed by atoms with van der Waals surface area (Å²) in [5, 5.41) is 6.27.